The number of carboxylic acids is 1. The Kier molecular flexibility index (Phi) is 13.5. The number of amides is 2. The van der Waals surface area contributed by atoms with Crippen LogP contribution in [0.15, 0.2) is 54.6 Å². The molecule has 1 heterocycles. The number of anilines is 2. The van der Waals surface area contributed by atoms with Crippen molar-refractivity contribution in [3.8, 4) is 11.5 Å². The van der Waals surface area contributed by atoms with Crippen LogP contribution >= 0.6 is 11.6 Å². The monoisotopic (exact) mass is 865 g/mol. The van der Waals surface area contributed by atoms with Crippen molar-refractivity contribution in [1.82, 2.24) is 0 Å². The standard InChI is InChI=1S/C34H39ClN2O8.Ac/c1-20-9-10-21(11-14-30(40)41)15-25(20)36-29(39)17-28-33(42)37(18-34(2,3)19-38)26-13-12-22(35)16-24(26)31(45-28)23-7-6-8-27(43-4)32(23)44-5;/h6-10,12-13,15-16,28,31,38H,11,14,17-19H2,1-5H3,(H,36,39)(H,40,41);/t28-,31-;/m1./s1. The molecule has 243 valence electrons. The number of halogens is 1. The van der Waals surface area contributed by atoms with Gasteiger partial charge in [-0.1, -0.05) is 49.7 Å². The van der Waals surface area contributed by atoms with Crippen molar-refractivity contribution in [2.45, 2.75) is 52.2 Å². The smallest absolute Gasteiger partial charge is 0.303 e. The van der Waals surface area contributed by atoms with Crippen molar-refractivity contribution in [3.63, 3.8) is 0 Å². The first-order valence-corrected chi connectivity index (χ1v) is 14.9. The first-order chi connectivity index (χ1) is 21.4. The number of aliphatic hydroxyl groups is 1. The van der Waals surface area contributed by atoms with Crippen molar-refractivity contribution >= 4 is 40.8 Å². The second-order valence-electron chi connectivity index (χ2n) is 11.8. The maximum absolute atomic E-state index is 14.3. The normalized spacial score (nSPS) is 16.2. The van der Waals surface area contributed by atoms with E-state index in [0.717, 1.165) is 11.1 Å². The molecule has 2 amide bonds. The molecule has 4 rings (SSSR count). The maximum Gasteiger partial charge on any atom is 0.303 e. The molecule has 2 atom stereocenters. The Morgan fingerprint density at radius 3 is 2.46 bits per heavy atom. The fourth-order valence-corrected chi connectivity index (χ4v) is 5.47. The van der Waals surface area contributed by atoms with E-state index in [-0.39, 0.29) is 70.1 Å². The average Bonchev–Trinajstić information content (AvgIpc) is 3.11. The second-order valence-corrected chi connectivity index (χ2v) is 12.3. The van der Waals surface area contributed by atoms with Crippen molar-refractivity contribution in [3.05, 3.63) is 81.9 Å². The molecule has 3 aromatic rings. The molecule has 3 N–H and O–H groups in total. The number of aliphatic carboxylic acids is 1. The van der Waals surface area contributed by atoms with Crippen LogP contribution in [0.5, 0.6) is 11.5 Å². The molecule has 0 fully saturated rings. The van der Waals surface area contributed by atoms with Gasteiger partial charge < -0.3 is 34.6 Å². The zero-order chi connectivity index (χ0) is 32.9. The number of rotatable bonds is 12. The summed E-state index contributed by atoms with van der Waals surface area (Å²) in [5.74, 6) is -0.961. The van der Waals surface area contributed by atoms with Crippen LogP contribution in [0.3, 0.4) is 0 Å². The van der Waals surface area contributed by atoms with E-state index in [2.05, 4.69) is 5.32 Å². The number of ether oxygens (including phenoxy) is 3. The zero-order valence-corrected chi connectivity index (χ0v) is 32.1. The minimum absolute atomic E-state index is 0. The summed E-state index contributed by atoms with van der Waals surface area (Å²) in [5, 5.41) is 22.5. The molecular formula is C34H39AcClN2O8. The minimum Gasteiger partial charge on any atom is -0.493 e. The number of carbonyl (C=O) groups excluding carboxylic acids is 2. The van der Waals surface area contributed by atoms with Crippen LogP contribution in [0.4, 0.5) is 11.4 Å². The minimum atomic E-state index is -1.23. The summed E-state index contributed by atoms with van der Waals surface area (Å²) in [6.07, 6.45) is -2.17. The number of carboxylic acid groups (broad SMARTS) is 1. The number of benzene rings is 3. The summed E-state index contributed by atoms with van der Waals surface area (Å²) >= 11 is 6.49. The average molecular weight is 866 g/mol. The molecule has 0 spiro atoms. The Labute approximate surface area is 309 Å². The fraction of sp³-hybridized carbons (Fsp3) is 0.382. The largest absolute Gasteiger partial charge is 0.493 e. The third-order valence-electron chi connectivity index (χ3n) is 7.71. The van der Waals surface area contributed by atoms with Gasteiger partial charge in [0.2, 0.25) is 5.91 Å². The molecule has 46 heavy (non-hydrogen) atoms. The molecule has 1 aliphatic rings. The van der Waals surface area contributed by atoms with Crippen LogP contribution in [-0.4, -0.2) is 61.5 Å². The number of aliphatic hydroxyl groups excluding tert-OH is 1. The van der Waals surface area contributed by atoms with Crippen molar-refractivity contribution < 1.29 is 82.9 Å². The Bertz CT molecular complexity index is 1580. The molecule has 0 saturated carbocycles. The van der Waals surface area contributed by atoms with E-state index >= 15 is 0 Å². The van der Waals surface area contributed by atoms with Gasteiger partial charge in [-0.25, -0.2) is 0 Å². The predicted molar refractivity (Wildman–Crippen MR) is 171 cm³/mol. The van der Waals surface area contributed by atoms with Gasteiger partial charge in [-0.15, -0.1) is 0 Å². The van der Waals surface area contributed by atoms with Gasteiger partial charge in [0, 0.05) is 96.6 Å². The van der Waals surface area contributed by atoms with Gasteiger partial charge in [0.05, 0.1) is 20.6 Å². The SMILES string of the molecule is COc1cccc([C@H]2O[C@H](CC(=O)Nc3cc(CCC(=O)O)ccc3C)C(=O)N(CC(C)(C)CO)c3ccc(Cl)cc32)c1OC.[Ac]. The molecule has 0 saturated heterocycles. The number of nitrogens with one attached hydrogen (secondary N) is 1. The Balaban J connectivity index is 0.00000576. The fourth-order valence-electron chi connectivity index (χ4n) is 5.29. The van der Waals surface area contributed by atoms with Crippen LogP contribution in [-0.2, 0) is 25.5 Å². The molecule has 12 heteroatoms. The number of hydrogen-bond donors (Lipinski definition) is 3. The van der Waals surface area contributed by atoms with E-state index in [0.29, 0.717) is 45.4 Å². The molecule has 1 aliphatic heterocycles. The van der Waals surface area contributed by atoms with Crippen molar-refractivity contribution in [2.75, 3.05) is 37.6 Å². The van der Waals surface area contributed by atoms with Crippen LogP contribution in [0.1, 0.15) is 55.0 Å². The Morgan fingerprint density at radius 1 is 1.07 bits per heavy atom. The van der Waals surface area contributed by atoms with Crippen LogP contribution in [0.2, 0.25) is 5.02 Å². The van der Waals surface area contributed by atoms with Crippen molar-refractivity contribution in [1.29, 1.82) is 0 Å². The third-order valence-corrected chi connectivity index (χ3v) is 7.94. The molecule has 0 unspecified atom stereocenters. The molecule has 0 bridgehead atoms. The molecule has 0 aromatic heterocycles. The third kappa shape index (κ3) is 9.02. The predicted octanol–water partition coefficient (Wildman–Crippen LogP) is 5.55. The van der Waals surface area contributed by atoms with E-state index in [1.54, 1.807) is 47.4 Å². The van der Waals surface area contributed by atoms with Gasteiger partial charge in [0.1, 0.15) is 12.2 Å². The Hall–Kier alpha value is -2.68. The molecule has 3 aromatic carbocycles. The number of para-hydroxylation sites is 1. The quantitative estimate of drug-likeness (QED) is 0.216. The van der Waals surface area contributed by atoms with Crippen molar-refractivity contribution in [2.24, 2.45) is 5.41 Å². The van der Waals surface area contributed by atoms with Crippen LogP contribution in [0.25, 0.3) is 0 Å². The van der Waals surface area contributed by atoms with E-state index in [9.17, 15) is 19.5 Å². The molecule has 1 radical (unpaired) electrons. The number of aryl methyl sites for hydroxylation is 2. The number of nitrogens with zero attached hydrogens (tertiary/aromatic N) is 1. The number of fused-ring (bicyclic) bond motifs is 1. The molecule has 0 aliphatic carbocycles. The summed E-state index contributed by atoms with van der Waals surface area (Å²) < 4.78 is 17.8. The molecule has 10 nitrogen and oxygen atoms in total. The first kappa shape index (κ1) is 37.8. The van der Waals surface area contributed by atoms with E-state index in [4.69, 9.17) is 30.9 Å². The summed E-state index contributed by atoms with van der Waals surface area (Å²) in [5.41, 5.74) is 3.07. The zero-order valence-electron chi connectivity index (χ0n) is 26.6. The van der Waals surface area contributed by atoms with Gasteiger partial charge in [0.15, 0.2) is 11.5 Å². The number of methoxy groups -OCH3 is 2. The van der Waals surface area contributed by atoms with Crippen LogP contribution < -0.4 is 19.7 Å². The van der Waals surface area contributed by atoms with Gasteiger partial charge in [0.25, 0.3) is 5.91 Å². The van der Waals surface area contributed by atoms with E-state index in [1.807, 2.05) is 32.9 Å². The number of hydrogen-bond acceptors (Lipinski definition) is 7. The number of carbonyl (C=O) groups is 3. The van der Waals surface area contributed by atoms with Gasteiger partial charge in [-0.2, -0.15) is 0 Å². The van der Waals surface area contributed by atoms with E-state index in [1.165, 1.54) is 14.2 Å². The second kappa shape index (κ2) is 16.4. The summed E-state index contributed by atoms with van der Waals surface area (Å²) in [7, 11) is 3.03. The summed E-state index contributed by atoms with van der Waals surface area (Å²) in [6, 6.07) is 15.8. The van der Waals surface area contributed by atoms with Gasteiger partial charge >= 0.3 is 5.97 Å². The van der Waals surface area contributed by atoms with Crippen LogP contribution in [0, 0.1) is 56.4 Å². The van der Waals surface area contributed by atoms with Gasteiger partial charge in [-0.3, -0.25) is 14.4 Å². The van der Waals surface area contributed by atoms with Gasteiger partial charge in [-0.05, 0) is 54.8 Å². The topological polar surface area (TPSA) is 135 Å². The summed E-state index contributed by atoms with van der Waals surface area (Å²) in [6.45, 7) is 5.47. The molecular weight excluding hydrogens is 827 g/mol. The Morgan fingerprint density at radius 2 is 1.80 bits per heavy atom. The maximum atomic E-state index is 14.3. The van der Waals surface area contributed by atoms with E-state index < -0.39 is 35.4 Å². The first-order valence-electron chi connectivity index (χ1n) is 14.6. The summed E-state index contributed by atoms with van der Waals surface area (Å²) in [4.78, 5) is 40.5.